The molecule has 0 saturated heterocycles. The summed E-state index contributed by atoms with van der Waals surface area (Å²) in [5.41, 5.74) is 0. The third kappa shape index (κ3) is 6.35. The minimum atomic E-state index is -3.15. The molecule has 0 amide bonds. The smallest absolute Gasteiger partial charge is 0.214 e. The average Bonchev–Trinajstić information content (AvgIpc) is 2.13. The molecule has 0 aromatic heterocycles. The molecule has 0 heterocycles. The first-order valence-electron chi connectivity index (χ1n) is 4.94. The van der Waals surface area contributed by atoms with Gasteiger partial charge in [-0.1, -0.05) is 6.92 Å². The molecule has 0 aromatic carbocycles. The molecular weight excluding hydrogens is 236 g/mol. The molecule has 0 fully saturated rings. The van der Waals surface area contributed by atoms with Gasteiger partial charge in [0.1, 0.15) is 0 Å². The first-order chi connectivity index (χ1) is 6.79. The molecule has 0 aromatic rings. The zero-order valence-electron chi connectivity index (χ0n) is 9.90. The summed E-state index contributed by atoms with van der Waals surface area (Å²) < 4.78 is 24.9. The number of nitrogens with zero attached hydrogens (tertiary/aromatic N) is 2. The molecule has 15 heavy (non-hydrogen) atoms. The Hall–Kier alpha value is 0.160. The Morgan fingerprint density at radius 2 is 1.73 bits per heavy atom. The predicted molar refractivity (Wildman–Crippen MR) is 64.9 cm³/mol. The molecule has 0 rings (SSSR count). The van der Waals surface area contributed by atoms with Gasteiger partial charge in [0.25, 0.3) is 0 Å². The van der Waals surface area contributed by atoms with Crippen LogP contribution in [0.3, 0.4) is 0 Å². The predicted octanol–water partition coefficient (Wildman–Crippen LogP) is 0.684. The second kappa shape index (κ2) is 6.68. The molecule has 0 N–H and O–H groups in total. The van der Waals surface area contributed by atoms with Crippen molar-refractivity contribution < 1.29 is 8.42 Å². The number of hydrogen-bond acceptors (Lipinski definition) is 3. The maximum Gasteiger partial charge on any atom is 0.214 e. The molecule has 4 nitrogen and oxygen atoms in total. The van der Waals surface area contributed by atoms with Crippen LogP contribution in [0.25, 0.3) is 0 Å². The second-order valence-corrected chi connectivity index (χ2v) is 6.59. The Morgan fingerprint density at radius 1 is 1.20 bits per heavy atom. The Morgan fingerprint density at radius 3 is 2.13 bits per heavy atom. The van der Waals surface area contributed by atoms with Crippen molar-refractivity contribution in [2.75, 3.05) is 45.9 Å². The fourth-order valence-corrected chi connectivity index (χ4v) is 2.70. The number of rotatable bonds is 7. The SMILES string of the molecule is CC(CCl)CS(=O)(=O)N(C)CCN(C)C. The lowest BCUT2D eigenvalue weighted by Gasteiger charge is -2.20. The van der Waals surface area contributed by atoms with Gasteiger partial charge in [0.15, 0.2) is 0 Å². The molecule has 0 aliphatic rings. The van der Waals surface area contributed by atoms with Crippen LogP contribution in [0.1, 0.15) is 6.92 Å². The molecule has 0 spiro atoms. The molecule has 92 valence electrons. The van der Waals surface area contributed by atoms with E-state index >= 15 is 0 Å². The monoisotopic (exact) mass is 256 g/mol. The summed E-state index contributed by atoms with van der Waals surface area (Å²) in [6.45, 7) is 3.08. The fourth-order valence-electron chi connectivity index (χ4n) is 1.01. The molecule has 0 radical (unpaired) electrons. The highest BCUT2D eigenvalue weighted by atomic mass is 35.5. The highest BCUT2D eigenvalue weighted by Gasteiger charge is 2.20. The summed E-state index contributed by atoms with van der Waals surface area (Å²) in [7, 11) is 2.30. The van der Waals surface area contributed by atoms with Gasteiger partial charge in [-0.3, -0.25) is 0 Å². The second-order valence-electron chi connectivity index (χ2n) is 4.16. The van der Waals surface area contributed by atoms with Gasteiger partial charge in [-0.05, 0) is 20.0 Å². The van der Waals surface area contributed by atoms with Crippen LogP contribution in [-0.4, -0.2) is 63.5 Å². The van der Waals surface area contributed by atoms with Crippen LogP contribution in [0.4, 0.5) is 0 Å². The zero-order valence-corrected chi connectivity index (χ0v) is 11.5. The Kier molecular flexibility index (Phi) is 6.75. The number of hydrogen-bond donors (Lipinski definition) is 0. The van der Waals surface area contributed by atoms with E-state index in [2.05, 4.69) is 0 Å². The highest BCUT2D eigenvalue weighted by molar-refractivity contribution is 7.89. The number of sulfonamides is 1. The summed E-state index contributed by atoms with van der Waals surface area (Å²) in [6, 6.07) is 0. The van der Waals surface area contributed by atoms with E-state index in [4.69, 9.17) is 11.6 Å². The van der Waals surface area contributed by atoms with Crippen LogP contribution in [0.15, 0.2) is 0 Å². The fraction of sp³-hybridized carbons (Fsp3) is 1.00. The summed E-state index contributed by atoms with van der Waals surface area (Å²) in [6.07, 6.45) is 0. The lowest BCUT2D eigenvalue weighted by atomic mass is 10.3. The van der Waals surface area contributed by atoms with Gasteiger partial charge in [-0.25, -0.2) is 12.7 Å². The van der Waals surface area contributed by atoms with Crippen molar-refractivity contribution in [2.45, 2.75) is 6.92 Å². The lowest BCUT2D eigenvalue weighted by Crippen LogP contribution is -2.36. The maximum atomic E-state index is 11.8. The molecule has 0 bridgehead atoms. The minimum Gasteiger partial charge on any atom is -0.308 e. The Balaban J connectivity index is 4.20. The van der Waals surface area contributed by atoms with Crippen molar-refractivity contribution in [3.63, 3.8) is 0 Å². The van der Waals surface area contributed by atoms with E-state index < -0.39 is 10.0 Å². The van der Waals surface area contributed by atoms with Crippen molar-refractivity contribution in [3.8, 4) is 0 Å². The van der Waals surface area contributed by atoms with Crippen LogP contribution < -0.4 is 0 Å². The highest BCUT2D eigenvalue weighted by Crippen LogP contribution is 2.07. The largest absolute Gasteiger partial charge is 0.308 e. The zero-order chi connectivity index (χ0) is 12.1. The van der Waals surface area contributed by atoms with E-state index in [1.807, 2.05) is 25.9 Å². The van der Waals surface area contributed by atoms with Crippen molar-refractivity contribution in [2.24, 2.45) is 5.92 Å². The van der Waals surface area contributed by atoms with E-state index in [0.29, 0.717) is 12.4 Å². The Bertz CT molecular complexity index is 267. The van der Waals surface area contributed by atoms with Gasteiger partial charge in [0, 0.05) is 26.0 Å². The van der Waals surface area contributed by atoms with Gasteiger partial charge in [0.05, 0.1) is 5.75 Å². The number of alkyl halides is 1. The summed E-state index contributed by atoms with van der Waals surface area (Å²) in [5, 5.41) is 0. The van der Waals surface area contributed by atoms with Crippen molar-refractivity contribution >= 4 is 21.6 Å². The summed E-state index contributed by atoms with van der Waals surface area (Å²) in [5.74, 6) is 0.500. The molecule has 0 aliphatic heterocycles. The van der Waals surface area contributed by atoms with Gasteiger partial charge in [-0.15, -0.1) is 11.6 Å². The van der Waals surface area contributed by atoms with Crippen LogP contribution >= 0.6 is 11.6 Å². The molecule has 0 aliphatic carbocycles. The van der Waals surface area contributed by atoms with Crippen molar-refractivity contribution in [1.82, 2.24) is 9.21 Å². The van der Waals surface area contributed by atoms with Crippen LogP contribution in [0.2, 0.25) is 0 Å². The van der Waals surface area contributed by atoms with E-state index in [9.17, 15) is 8.42 Å². The minimum absolute atomic E-state index is 0.00141. The van der Waals surface area contributed by atoms with Crippen LogP contribution in [-0.2, 0) is 10.0 Å². The molecule has 1 atom stereocenters. The summed E-state index contributed by atoms with van der Waals surface area (Å²) >= 11 is 5.60. The number of likely N-dealkylation sites (N-methyl/N-ethyl adjacent to an activating group) is 2. The van der Waals surface area contributed by atoms with E-state index in [1.165, 1.54) is 4.31 Å². The number of halogens is 1. The molecule has 1 unspecified atom stereocenters. The Labute approximate surface area is 98.2 Å². The maximum absolute atomic E-state index is 11.8. The normalized spacial score (nSPS) is 14.9. The van der Waals surface area contributed by atoms with E-state index in [-0.39, 0.29) is 11.7 Å². The van der Waals surface area contributed by atoms with E-state index in [0.717, 1.165) is 6.54 Å². The molecule has 6 heteroatoms. The first-order valence-corrected chi connectivity index (χ1v) is 7.08. The molecular formula is C9H21ClN2O2S. The van der Waals surface area contributed by atoms with Crippen molar-refractivity contribution in [1.29, 1.82) is 0 Å². The lowest BCUT2D eigenvalue weighted by molar-refractivity contribution is 0.357. The van der Waals surface area contributed by atoms with E-state index in [1.54, 1.807) is 7.05 Å². The third-order valence-corrected chi connectivity index (χ3v) is 4.74. The van der Waals surface area contributed by atoms with Crippen LogP contribution in [0.5, 0.6) is 0 Å². The third-order valence-electron chi connectivity index (χ3n) is 2.10. The van der Waals surface area contributed by atoms with Gasteiger partial charge < -0.3 is 4.90 Å². The van der Waals surface area contributed by atoms with Crippen molar-refractivity contribution in [3.05, 3.63) is 0 Å². The summed E-state index contributed by atoms with van der Waals surface area (Å²) in [4.78, 5) is 1.96. The van der Waals surface area contributed by atoms with Crippen LogP contribution in [0, 0.1) is 5.92 Å². The van der Waals surface area contributed by atoms with Gasteiger partial charge in [-0.2, -0.15) is 0 Å². The van der Waals surface area contributed by atoms with Gasteiger partial charge in [0.2, 0.25) is 10.0 Å². The standard InChI is InChI=1S/C9H21ClN2O2S/c1-9(7-10)8-15(13,14)12(4)6-5-11(2)3/h9H,5-8H2,1-4H3. The molecule has 0 saturated carbocycles. The first kappa shape index (κ1) is 15.2. The topological polar surface area (TPSA) is 40.6 Å². The average molecular weight is 257 g/mol. The quantitative estimate of drug-likeness (QED) is 0.629. The van der Waals surface area contributed by atoms with Gasteiger partial charge >= 0.3 is 0 Å².